The molecule has 1 heterocycles. The van der Waals surface area contributed by atoms with Crippen LogP contribution in [0.2, 0.25) is 0 Å². The van der Waals surface area contributed by atoms with Crippen LogP contribution in [0.4, 0.5) is 0 Å². The van der Waals surface area contributed by atoms with E-state index in [2.05, 4.69) is 28.8 Å². The van der Waals surface area contributed by atoms with Crippen molar-refractivity contribution in [1.29, 1.82) is 0 Å². The van der Waals surface area contributed by atoms with Crippen LogP contribution in [-0.2, 0) is 4.79 Å². The van der Waals surface area contributed by atoms with E-state index in [-0.39, 0.29) is 6.42 Å². The summed E-state index contributed by atoms with van der Waals surface area (Å²) in [5, 5.41) is 8.66. The van der Waals surface area contributed by atoms with Gasteiger partial charge in [0.05, 0.1) is 6.42 Å². The molecule has 1 aliphatic heterocycles. The average molecular weight is 243 g/mol. The second-order valence-electron chi connectivity index (χ2n) is 5.17. The molecule has 0 aliphatic carbocycles. The zero-order valence-electron chi connectivity index (χ0n) is 11.2. The Bertz CT molecular complexity index is 246. The first-order valence-corrected chi connectivity index (χ1v) is 6.28. The lowest BCUT2D eigenvalue weighted by molar-refractivity contribution is -0.137. The summed E-state index contributed by atoms with van der Waals surface area (Å²) in [5.74, 6) is -0.709. The molecule has 5 heteroatoms. The van der Waals surface area contributed by atoms with E-state index in [1.807, 2.05) is 7.05 Å². The SMILES string of the molecule is CN(C)CCN1CCC(N(C)CCC(=O)O)C1. The molecule has 1 saturated heterocycles. The van der Waals surface area contributed by atoms with Gasteiger partial charge in [-0.3, -0.25) is 4.79 Å². The summed E-state index contributed by atoms with van der Waals surface area (Å²) in [6.07, 6.45) is 1.40. The predicted molar refractivity (Wildman–Crippen MR) is 68.3 cm³/mol. The van der Waals surface area contributed by atoms with Crippen LogP contribution in [0.15, 0.2) is 0 Å². The van der Waals surface area contributed by atoms with Crippen molar-refractivity contribution in [2.24, 2.45) is 0 Å². The summed E-state index contributed by atoms with van der Waals surface area (Å²) in [6, 6.07) is 0.525. The minimum Gasteiger partial charge on any atom is -0.481 e. The Morgan fingerprint density at radius 1 is 1.35 bits per heavy atom. The molecule has 1 N–H and O–H groups in total. The number of aliphatic carboxylic acids is 1. The van der Waals surface area contributed by atoms with E-state index in [0.717, 1.165) is 32.6 Å². The lowest BCUT2D eigenvalue weighted by Crippen LogP contribution is -2.37. The Balaban J connectivity index is 2.22. The summed E-state index contributed by atoms with van der Waals surface area (Å²) in [7, 11) is 6.21. The third kappa shape index (κ3) is 5.48. The average Bonchev–Trinajstić information content (AvgIpc) is 2.71. The van der Waals surface area contributed by atoms with Gasteiger partial charge in [-0.2, -0.15) is 0 Å². The molecule has 17 heavy (non-hydrogen) atoms. The van der Waals surface area contributed by atoms with E-state index in [9.17, 15) is 4.79 Å². The van der Waals surface area contributed by atoms with Crippen LogP contribution < -0.4 is 0 Å². The molecule has 1 aliphatic rings. The largest absolute Gasteiger partial charge is 0.481 e. The van der Waals surface area contributed by atoms with Crippen molar-refractivity contribution < 1.29 is 9.90 Å². The van der Waals surface area contributed by atoms with Crippen molar-refractivity contribution in [2.45, 2.75) is 18.9 Å². The summed E-state index contributed by atoms with van der Waals surface area (Å²) in [4.78, 5) is 17.4. The Kier molecular flexibility index (Phi) is 5.88. The van der Waals surface area contributed by atoms with Gasteiger partial charge in [0.2, 0.25) is 0 Å². The molecule has 0 spiro atoms. The standard InChI is InChI=1S/C12H25N3O2/c1-13(2)8-9-15-7-4-11(10-15)14(3)6-5-12(16)17/h11H,4-10H2,1-3H3,(H,16,17). The first-order valence-electron chi connectivity index (χ1n) is 6.28. The maximum Gasteiger partial charge on any atom is 0.304 e. The van der Waals surface area contributed by atoms with E-state index in [1.165, 1.54) is 0 Å². The monoisotopic (exact) mass is 243 g/mol. The van der Waals surface area contributed by atoms with Crippen molar-refractivity contribution in [2.75, 3.05) is 53.9 Å². The van der Waals surface area contributed by atoms with Gasteiger partial charge in [-0.15, -0.1) is 0 Å². The van der Waals surface area contributed by atoms with Crippen LogP contribution in [0, 0.1) is 0 Å². The van der Waals surface area contributed by atoms with Crippen LogP contribution >= 0.6 is 0 Å². The molecule has 1 rings (SSSR count). The molecule has 0 aromatic heterocycles. The fourth-order valence-electron chi connectivity index (χ4n) is 2.17. The lowest BCUT2D eigenvalue weighted by atomic mass is 10.2. The fourth-order valence-corrected chi connectivity index (χ4v) is 2.17. The van der Waals surface area contributed by atoms with Gasteiger partial charge in [0.15, 0.2) is 0 Å². The van der Waals surface area contributed by atoms with E-state index in [4.69, 9.17) is 5.11 Å². The van der Waals surface area contributed by atoms with Crippen LogP contribution in [-0.4, -0.2) is 85.7 Å². The highest BCUT2D eigenvalue weighted by atomic mass is 16.4. The number of hydrogen-bond acceptors (Lipinski definition) is 4. The highest BCUT2D eigenvalue weighted by Crippen LogP contribution is 2.14. The second kappa shape index (κ2) is 6.93. The molecule has 0 aromatic carbocycles. The molecule has 1 atom stereocenters. The number of carboxylic acids is 1. The summed E-state index contributed by atoms with van der Waals surface area (Å²) in [5.41, 5.74) is 0. The molecule has 1 fully saturated rings. The Hall–Kier alpha value is -0.650. The molecule has 0 amide bonds. The van der Waals surface area contributed by atoms with E-state index in [0.29, 0.717) is 12.6 Å². The number of likely N-dealkylation sites (tertiary alicyclic amines) is 1. The molecular weight excluding hydrogens is 218 g/mol. The predicted octanol–water partition coefficient (Wildman–Crippen LogP) is 0.0288. The zero-order chi connectivity index (χ0) is 12.8. The topological polar surface area (TPSA) is 47.0 Å². The lowest BCUT2D eigenvalue weighted by Gasteiger charge is -2.24. The fraction of sp³-hybridized carbons (Fsp3) is 0.917. The van der Waals surface area contributed by atoms with Gasteiger partial charge in [0.25, 0.3) is 0 Å². The van der Waals surface area contributed by atoms with Crippen molar-refractivity contribution >= 4 is 5.97 Å². The molecule has 0 bridgehead atoms. The van der Waals surface area contributed by atoms with Crippen molar-refractivity contribution in [3.05, 3.63) is 0 Å². The van der Waals surface area contributed by atoms with Crippen molar-refractivity contribution in [1.82, 2.24) is 14.7 Å². The number of carboxylic acid groups (broad SMARTS) is 1. The molecular formula is C12H25N3O2. The van der Waals surface area contributed by atoms with Gasteiger partial charge in [0, 0.05) is 32.2 Å². The third-order valence-electron chi connectivity index (χ3n) is 3.41. The van der Waals surface area contributed by atoms with Crippen molar-refractivity contribution in [3.63, 3.8) is 0 Å². The number of hydrogen-bond donors (Lipinski definition) is 1. The molecule has 5 nitrogen and oxygen atoms in total. The molecule has 100 valence electrons. The third-order valence-corrected chi connectivity index (χ3v) is 3.41. The van der Waals surface area contributed by atoms with E-state index in [1.54, 1.807) is 0 Å². The van der Waals surface area contributed by atoms with Gasteiger partial charge in [-0.25, -0.2) is 0 Å². The molecule has 0 aromatic rings. The Morgan fingerprint density at radius 2 is 2.06 bits per heavy atom. The van der Waals surface area contributed by atoms with Crippen LogP contribution in [0.25, 0.3) is 0 Å². The minimum absolute atomic E-state index is 0.241. The van der Waals surface area contributed by atoms with Gasteiger partial charge >= 0.3 is 5.97 Å². The maximum atomic E-state index is 10.5. The van der Waals surface area contributed by atoms with Gasteiger partial charge in [0.1, 0.15) is 0 Å². The van der Waals surface area contributed by atoms with E-state index < -0.39 is 5.97 Å². The summed E-state index contributed by atoms with van der Waals surface area (Å²) in [6.45, 7) is 5.06. The quantitative estimate of drug-likeness (QED) is 0.683. The van der Waals surface area contributed by atoms with E-state index >= 15 is 0 Å². The second-order valence-corrected chi connectivity index (χ2v) is 5.17. The smallest absolute Gasteiger partial charge is 0.304 e. The summed E-state index contributed by atoms with van der Waals surface area (Å²) < 4.78 is 0. The Labute approximate surface area is 104 Å². The first kappa shape index (κ1) is 14.4. The number of nitrogens with zero attached hydrogens (tertiary/aromatic N) is 3. The van der Waals surface area contributed by atoms with Crippen LogP contribution in [0.5, 0.6) is 0 Å². The normalized spacial score (nSPS) is 21.6. The Morgan fingerprint density at radius 3 is 2.65 bits per heavy atom. The molecule has 0 saturated carbocycles. The molecule has 0 radical (unpaired) electrons. The van der Waals surface area contributed by atoms with Gasteiger partial charge < -0.3 is 19.8 Å². The number of carbonyl (C=O) groups is 1. The highest BCUT2D eigenvalue weighted by molar-refractivity contribution is 5.66. The maximum absolute atomic E-state index is 10.5. The summed E-state index contributed by atoms with van der Waals surface area (Å²) >= 11 is 0. The van der Waals surface area contributed by atoms with Crippen molar-refractivity contribution in [3.8, 4) is 0 Å². The van der Waals surface area contributed by atoms with Crippen LogP contribution in [0.3, 0.4) is 0 Å². The number of likely N-dealkylation sites (N-methyl/N-ethyl adjacent to an activating group) is 2. The van der Waals surface area contributed by atoms with Crippen LogP contribution in [0.1, 0.15) is 12.8 Å². The highest BCUT2D eigenvalue weighted by Gasteiger charge is 2.25. The zero-order valence-corrected chi connectivity index (χ0v) is 11.2. The first-order chi connectivity index (χ1) is 7.99. The number of rotatable bonds is 7. The van der Waals surface area contributed by atoms with Gasteiger partial charge in [-0.1, -0.05) is 0 Å². The van der Waals surface area contributed by atoms with Gasteiger partial charge in [-0.05, 0) is 34.1 Å². The minimum atomic E-state index is -0.709. The molecule has 1 unspecified atom stereocenters.